The summed E-state index contributed by atoms with van der Waals surface area (Å²) in [7, 11) is 3.19. The van der Waals surface area contributed by atoms with Gasteiger partial charge in [-0.05, 0) is 35.2 Å². The number of aromatic nitrogens is 4. The van der Waals surface area contributed by atoms with Crippen LogP contribution in [0.5, 0.6) is 11.6 Å². The van der Waals surface area contributed by atoms with Gasteiger partial charge in [0.25, 0.3) is 0 Å². The number of hydrogen-bond acceptors (Lipinski definition) is 8. The molecule has 3 aromatic rings. The number of carbonyl (C=O) groups excluding carboxylic acids is 1. The Hall–Kier alpha value is -3.24. The minimum Gasteiger partial charge on any atom is -0.497 e. The first kappa shape index (κ1) is 24.4. The number of carbonyl (C=O) groups is 1. The van der Waals surface area contributed by atoms with Crippen molar-refractivity contribution < 1.29 is 23.7 Å². The van der Waals surface area contributed by atoms with Crippen LogP contribution in [0.3, 0.4) is 0 Å². The van der Waals surface area contributed by atoms with Gasteiger partial charge < -0.3 is 18.9 Å². The zero-order valence-corrected chi connectivity index (χ0v) is 19.8. The molecule has 1 aromatic carbocycles. The summed E-state index contributed by atoms with van der Waals surface area (Å²) in [6, 6.07) is 8.86. The predicted octanol–water partition coefficient (Wildman–Crippen LogP) is 2.24. The highest BCUT2D eigenvalue weighted by Crippen LogP contribution is 2.28. The molecule has 3 rings (SSSR count). The molecule has 0 fully saturated rings. The van der Waals surface area contributed by atoms with Gasteiger partial charge in [-0.15, -0.1) is 10.2 Å². The van der Waals surface area contributed by atoms with Gasteiger partial charge in [0.15, 0.2) is 11.4 Å². The van der Waals surface area contributed by atoms with E-state index in [0.717, 1.165) is 5.56 Å². The fourth-order valence-electron chi connectivity index (χ4n) is 3.09. The van der Waals surface area contributed by atoms with Crippen molar-refractivity contribution in [1.29, 1.82) is 5.41 Å². The summed E-state index contributed by atoms with van der Waals surface area (Å²) in [5, 5.41) is 17.1. The third kappa shape index (κ3) is 6.17. The van der Waals surface area contributed by atoms with Crippen LogP contribution in [0.2, 0.25) is 0 Å². The zero-order valence-electron chi connectivity index (χ0n) is 19.8. The van der Waals surface area contributed by atoms with Crippen LogP contribution >= 0.6 is 0 Å². The van der Waals surface area contributed by atoms with Crippen molar-refractivity contribution >= 4 is 11.4 Å². The summed E-state index contributed by atoms with van der Waals surface area (Å²) >= 11 is 0. The minimum atomic E-state index is -0.175. The quantitative estimate of drug-likeness (QED) is 0.347. The lowest BCUT2D eigenvalue weighted by atomic mass is 9.85. The van der Waals surface area contributed by atoms with Gasteiger partial charge >= 0.3 is 0 Å². The van der Waals surface area contributed by atoms with Gasteiger partial charge in [0.2, 0.25) is 11.5 Å². The van der Waals surface area contributed by atoms with Crippen LogP contribution in [0.1, 0.15) is 36.7 Å². The van der Waals surface area contributed by atoms with Gasteiger partial charge in [-0.3, -0.25) is 10.2 Å². The second-order valence-electron chi connectivity index (χ2n) is 8.50. The van der Waals surface area contributed by atoms with Crippen molar-refractivity contribution in [2.45, 2.75) is 32.7 Å². The van der Waals surface area contributed by atoms with E-state index in [1.54, 1.807) is 32.4 Å². The Kier molecular flexibility index (Phi) is 7.83. The summed E-state index contributed by atoms with van der Waals surface area (Å²) in [6.45, 7) is 7.85. The maximum Gasteiger partial charge on any atom is 0.242 e. The minimum absolute atomic E-state index is 0.0286. The van der Waals surface area contributed by atoms with E-state index in [9.17, 15) is 4.79 Å². The highest BCUT2D eigenvalue weighted by Gasteiger charge is 2.19. The van der Waals surface area contributed by atoms with Gasteiger partial charge in [0, 0.05) is 18.7 Å². The Morgan fingerprint density at radius 3 is 2.48 bits per heavy atom. The number of fused-ring (bicyclic) bond motifs is 1. The molecule has 0 saturated carbocycles. The normalized spacial score (nSPS) is 11.7. The third-order valence-electron chi connectivity index (χ3n) is 4.99. The summed E-state index contributed by atoms with van der Waals surface area (Å²) in [5.74, 6) is 0.780. The first-order valence-electron chi connectivity index (χ1n) is 10.7. The Morgan fingerprint density at radius 2 is 1.79 bits per heavy atom. The molecule has 0 aliphatic rings. The van der Waals surface area contributed by atoms with Crippen LogP contribution in [-0.2, 0) is 21.4 Å². The molecule has 0 spiro atoms. The number of benzene rings is 1. The first-order valence-corrected chi connectivity index (χ1v) is 10.7. The maximum absolute atomic E-state index is 13.0. The molecule has 10 heteroatoms. The van der Waals surface area contributed by atoms with E-state index in [-0.39, 0.29) is 23.4 Å². The van der Waals surface area contributed by atoms with Crippen LogP contribution in [0.4, 0.5) is 0 Å². The number of nitrogens with zero attached hydrogens (tertiary/aromatic N) is 4. The number of rotatable bonds is 11. The summed E-state index contributed by atoms with van der Waals surface area (Å²) in [4.78, 5) is 13.0. The van der Waals surface area contributed by atoms with E-state index >= 15 is 0 Å². The third-order valence-corrected chi connectivity index (χ3v) is 4.99. The summed E-state index contributed by atoms with van der Waals surface area (Å²) in [5.41, 5.74) is 1.77. The van der Waals surface area contributed by atoms with E-state index in [4.69, 9.17) is 24.4 Å². The average Bonchev–Trinajstić information content (AvgIpc) is 3.09. The highest BCUT2D eigenvalue weighted by atomic mass is 16.5. The summed E-state index contributed by atoms with van der Waals surface area (Å²) < 4.78 is 23.9. The van der Waals surface area contributed by atoms with Crippen LogP contribution in [0, 0.1) is 5.41 Å². The predicted molar refractivity (Wildman–Crippen MR) is 121 cm³/mol. The van der Waals surface area contributed by atoms with Gasteiger partial charge in [0.05, 0.1) is 26.9 Å². The van der Waals surface area contributed by atoms with Gasteiger partial charge in [-0.1, -0.05) is 20.8 Å². The number of ether oxygens (including phenoxy) is 4. The Labute approximate surface area is 192 Å². The molecule has 178 valence electrons. The van der Waals surface area contributed by atoms with Crippen molar-refractivity contribution in [3.05, 3.63) is 47.1 Å². The monoisotopic (exact) mass is 457 g/mol. The molecule has 0 aliphatic carbocycles. The lowest BCUT2D eigenvalue weighted by Crippen LogP contribution is -2.26. The first-order chi connectivity index (χ1) is 15.7. The molecule has 0 unspecified atom stereocenters. The molecule has 10 nitrogen and oxygen atoms in total. The molecule has 0 atom stereocenters. The second kappa shape index (κ2) is 10.6. The average molecular weight is 458 g/mol. The number of Topliss-reactive ketones (excluding diaryl/α,β-unsaturated/α-hetero) is 1. The molecule has 2 aromatic heterocycles. The lowest BCUT2D eigenvalue weighted by molar-refractivity contribution is 0.0534. The van der Waals surface area contributed by atoms with Crippen LogP contribution < -0.4 is 15.1 Å². The zero-order chi connectivity index (χ0) is 24.0. The van der Waals surface area contributed by atoms with E-state index in [1.807, 2.05) is 12.1 Å². The highest BCUT2D eigenvalue weighted by molar-refractivity contribution is 5.96. The standard InChI is InChI=1S/C23H31N5O5/c1-23(2,3)17-12-16(13-18(14-17)31-5)19(29)15-27-22(24)28-20(25-27)6-7-21(26-28)33-11-10-32-9-8-30-4/h6-7,12-14,24H,8-11,15H2,1-5H3. The maximum atomic E-state index is 13.0. The van der Waals surface area contributed by atoms with Crippen molar-refractivity contribution in [3.63, 3.8) is 0 Å². The molecule has 0 bridgehead atoms. The Balaban J connectivity index is 1.75. The molecule has 2 heterocycles. The van der Waals surface area contributed by atoms with E-state index in [2.05, 4.69) is 31.0 Å². The topological polar surface area (TPSA) is 113 Å². The van der Waals surface area contributed by atoms with Crippen LogP contribution in [-0.4, -0.2) is 65.8 Å². The molecule has 0 amide bonds. The Morgan fingerprint density at radius 1 is 1.03 bits per heavy atom. The summed E-state index contributed by atoms with van der Waals surface area (Å²) in [6.07, 6.45) is 0. The number of nitrogens with one attached hydrogen (secondary N) is 1. The van der Waals surface area contributed by atoms with Gasteiger partial charge in [-0.2, -0.15) is 4.52 Å². The van der Waals surface area contributed by atoms with E-state index < -0.39 is 0 Å². The molecule has 0 aliphatic heterocycles. The fraction of sp³-hybridized carbons (Fsp3) is 0.478. The lowest BCUT2D eigenvalue weighted by Gasteiger charge is -2.20. The SMILES string of the molecule is COCCOCCOc1ccc2nn(CC(=O)c3cc(OC)cc(C(C)(C)C)c3)c(=N)n2n1. The van der Waals surface area contributed by atoms with E-state index in [0.29, 0.717) is 49.3 Å². The molecule has 1 N–H and O–H groups in total. The molecule has 0 saturated heterocycles. The van der Waals surface area contributed by atoms with Crippen LogP contribution in [0.15, 0.2) is 30.3 Å². The van der Waals surface area contributed by atoms with Crippen molar-refractivity contribution in [2.24, 2.45) is 0 Å². The van der Waals surface area contributed by atoms with Crippen molar-refractivity contribution in [3.8, 4) is 11.6 Å². The fourth-order valence-corrected chi connectivity index (χ4v) is 3.09. The second-order valence-corrected chi connectivity index (χ2v) is 8.50. The van der Waals surface area contributed by atoms with Crippen LogP contribution in [0.25, 0.3) is 5.65 Å². The number of ketones is 1. The van der Waals surface area contributed by atoms with Crippen molar-refractivity contribution in [1.82, 2.24) is 19.4 Å². The smallest absolute Gasteiger partial charge is 0.242 e. The molecular weight excluding hydrogens is 426 g/mol. The molecule has 33 heavy (non-hydrogen) atoms. The largest absolute Gasteiger partial charge is 0.497 e. The van der Waals surface area contributed by atoms with E-state index in [1.165, 1.54) is 9.20 Å². The van der Waals surface area contributed by atoms with Crippen molar-refractivity contribution in [2.75, 3.05) is 40.6 Å². The van der Waals surface area contributed by atoms with Gasteiger partial charge in [-0.25, -0.2) is 4.68 Å². The molecule has 0 radical (unpaired) electrons. The number of methoxy groups -OCH3 is 2. The number of hydrogen-bond donors (Lipinski definition) is 1. The molecular formula is C23H31N5O5. The Bertz CT molecular complexity index is 1160. The van der Waals surface area contributed by atoms with Gasteiger partial charge in [0.1, 0.15) is 18.9 Å².